The number of amidine groups is 1. The summed E-state index contributed by atoms with van der Waals surface area (Å²) in [6.45, 7) is 0. The molecule has 0 spiro atoms. The van der Waals surface area contributed by atoms with Crippen LogP contribution in [0.3, 0.4) is 0 Å². The molecule has 0 unspecified atom stereocenters. The second-order valence-electron chi connectivity index (χ2n) is 4.77. The molecule has 23 heavy (non-hydrogen) atoms. The molecule has 0 aromatic heterocycles. The number of phenols is 1. The largest absolute Gasteiger partial charge is 0.508 e. The molecule has 0 atom stereocenters. The van der Waals surface area contributed by atoms with Crippen molar-refractivity contribution >= 4 is 34.6 Å². The number of nitrogens with zero attached hydrogens (tertiary/aromatic N) is 1. The molecule has 1 aliphatic heterocycles. The van der Waals surface area contributed by atoms with Gasteiger partial charge in [-0.15, -0.1) is 0 Å². The van der Waals surface area contributed by atoms with Crippen LogP contribution in [0.15, 0.2) is 58.4 Å². The van der Waals surface area contributed by atoms with Gasteiger partial charge in [0.1, 0.15) is 11.5 Å². The monoisotopic (exact) mass is 326 g/mol. The molecule has 0 saturated carbocycles. The topological polar surface area (TPSA) is 70.9 Å². The lowest BCUT2D eigenvalue weighted by Crippen LogP contribution is -2.19. The van der Waals surface area contributed by atoms with Gasteiger partial charge in [0.25, 0.3) is 5.91 Å². The SMILES string of the molecule is COc1ccc(N=C2NC(=O)/C(=C\c3cccc(O)c3)S2)cc1. The molecular formula is C17H14N2O3S. The van der Waals surface area contributed by atoms with Gasteiger partial charge in [0.15, 0.2) is 5.17 Å². The lowest BCUT2D eigenvalue weighted by molar-refractivity contribution is -0.115. The normalized spacial score (nSPS) is 17.5. The highest BCUT2D eigenvalue weighted by Crippen LogP contribution is 2.29. The second-order valence-corrected chi connectivity index (χ2v) is 5.81. The number of hydrogen-bond acceptors (Lipinski definition) is 5. The fraction of sp³-hybridized carbons (Fsp3) is 0.0588. The number of aliphatic imine (C=N–C) groups is 1. The van der Waals surface area contributed by atoms with Gasteiger partial charge in [-0.2, -0.15) is 0 Å². The number of phenolic OH excluding ortho intramolecular Hbond substituents is 1. The number of thioether (sulfide) groups is 1. The van der Waals surface area contributed by atoms with Crippen LogP contribution < -0.4 is 10.1 Å². The summed E-state index contributed by atoms with van der Waals surface area (Å²) in [4.78, 5) is 16.9. The third kappa shape index (κ3) is 3.73. The molecule has 0 aliphatic carbocycles. The number of hydrogen-bond donors (Lipinski definition) is 2. The molecule has 1 fully saturated rings. The van der Waals surface area contributed by atoms with Crippen LogP contribution in [0.1, 0.15) is 5.56 Å². The summed E-state index contributed by atoms with van der Waals surface area (Å²) in [5.74, 6) is 0.710. The molecule has 5 nitrogen and oxygen atoms in total. The highest BCUT2D eigenvalue weighted by molar-refractivity contribution is 8.18. The fourth-order valence-electron chi connectivity index (χ4n) is 2.02. The first-order valence-electron chi connectivity index (χ1n) is 6.87. The molecule has 1 heterocycles. The number of benzene rings is 2. The summed E-state index contributed by atoms with van der Waals surface area (Å²) in [5, 5.41) is 12.7. The summed E-state index contributed by atoms with van der Waals surface area (Å²) >= 11 is 1.26. The van der Waals surface area contributed by atoms with E-state index in [0.717, 1.165) is 17.0 Å². The first kappa shape index (κ1) is 15.2. The number of carbonyl (C=O) groups is 1. The van der Waals surface area contributed by atoms with Gasteiger partial charge in [0, 0.05) is 0 Å². The quantitative estimate of drug-likeness (QED) is 0.849. The van der Waals surface area contributed by atoms with Crippen molar-refractivity contribution in [3.63, 3.8) is 0 Å². The van der Waals surface area contributed by atoms with Crippen molar-refractivity contribution in [1.29, 1.82) is 0 Å². The van der Waals surface area contributed by atoms with E-state index in [4.69, 9.17) is 4.74 Å². The maximum Gasteiger partial charge on any atom is 0.264 e. The predicted molar refractivity (Wildman–Crippen MR) is 91.9 cm³/mol. The molecular weight excluding hydrogens is 312 g/mol. The van der Waals surface area contributed by atoms with Gasteiger partial charge in [-0.3, -0.25) is 4.79 Å². The number of rotatable bonds is 3. The molecule has 2 N–H and O–H groups in total. The van der Waals surface area contributed by atoms with Crippen LogP contribution in [0.4, 0.5) is 5.69 Å². The minimum atomic E-state index is -0.203. The first-order chi connectivity index (χ1) is 11.1. The van der Waals surface area contributed by atoms with Crippen molar-refractivity contribution < 1.29 is 14.6 Å². The van der Waals surface area contributed by atoms with Gasteiger partial charge in [0.2, 0.25) is 0 Å². The number of ether oxygens (including phenoxy) is 1. The van der Waals surface area contributed by atoms with E-state index >= 15 is 0 Å². The van der Waals surface area contributed by atoms with Crippen LogP contribution in [0.5, 0.6) is 11.5 Å². The van der Waals surface area contributed by atoms with Gasteiger partial charge >= 0.3 is 0 Å². The Morgan fingerprint density at radius 2 is 2.00 bits per heavy atom. The van der Waals surface area contributed by atoms with Crippen LogP contribution >= 0.6 is 11.8 Å². The van der Waals surface area contributed by atoms with E-state index in [9.17, 15) is 9.90 Å². The van der Waals surface area contributed by atoms with Crippen molar-refractivity contribution in [2.24, 2.45) is 4.99 Å². The minimum Gasteiger partial charge on any atom is -0.508 e. The van der Waals surface area contributed by atoms with Crippen molar-refractivity contribution in [2.75, 3.05) is 7.11 Å². The molecule has 2 aromatic carbocycles. The summed E-state index contributed by atoms with van der Waals surface area (Å²) in [7, 11) is 1.60. The van der Waals surface area contributed by atoms with Crippen molar-refractivity contribution in [3.8, 4) is 11.5 Å². The number of aromatic hydroxyl groups is 1. The average molecular weight is 326 g/mol. The Labute approximate surface area is 137 Å². The Balaban J connectivity index is 1.80. The van der Waals surface area contributed by atoms with E-state index in [1.807, 2.05) is 30.3 Å². The Bertz CT molecular complexity index is 798. The number of methoxy groups -OCH3 is 1. The molecule has 116 valence electrons. The number of amides is 1. The first-order valence-corrected chi connectivity index (χ1v) is 7.68. The Kier molecular flexibility index (Phi) is 4.34. The van der Waals surface area contributed by atoms with E-state index in [-0.39, 0.29) is 11.7 Å². The highest BCUT2D eigenvalue weighted by atomic mass is 32.2. The van der Waals surface area contributed by atoms with Crippen LogP contribution in [-0.4, -0.2) is 23.3 Å². The standard InChI is InChI=1S/C17H14N2O3S/c1-22-14-7-5-12(6-8-14)18-17-19-16(21)15(23-17)10-11-3-2-4-13(20)9-11/h2-10,20H,1H3,(H,18,19,21)/b15-10+. The lowest BCUT2D eigenvalue weighted by Gasteiger charge is -1.99. The molecule has 2 aromatic rings. The summed E-state index contributed by atoms with van der Waals surface area (Å²) in [6, 6.07) is 14.0. The summed E-state index contributed by atoms with van der Waals surface area (Å²) < 4.78 is 5.10. The van der Waals surface area contributed by atoms with E-state index in [1.165, 1.54) is 11.8 Å². The average Bonchev–Trinajstić information content (AvgIpc) is 2.87. The molecule has 1 amide bonds. The van der Waals surface area contributed by atoms with Gasteiger partial charge < -0.3 is 15.2 Å². The Morgan fingerprint density at radius 1 is 1.22 bits per heavy atom. The van der Waals surface area contributed by atoms with Crippen LogP contribution in [0.25, 0.3) is 6.08 Å². The molecule has 1 aliphatic rings. The summed E-state index contributed by atoms with van der Waals surface area (Å²) in [5.41, 5.74) is 1.49. The molecule has 6 heteroatoms. The van der Waals surface area contributed by atoms with Gasteiger partial charge in [0.05, 0.1) is 17.7 Å². The third-order valence-electron chi connectivity index (χ3n) is 3.12. The minimum absolute atomic E-state index is 0.162. The van der Waals surface area contributed by atoms with Crippen LogP contribution in [0, 0.1) is 0 Å². The van der Waals surface area contributed by atoms with Gasteiger partial charge in [-0.05, 0) is 59.8 Å². The van der Waals surface area contributed by atoms with Gasteiger partial charge in [-0.1, -0.05) is 12.1 Å². The zero-order valence-corrected chi connectivity index (χ0v) is 13.1. The van der Waals surface area contributed by atoms with E-state index in [2.05, 4.69) is 10.3 Å². The van der Waals surface area contributed by atoms with Crippen molar-refractivity contribution in [1.82, 2.24) is 5.32 Å². The Morgan fingerprint density at radius 3 is 2.70 bits per heavy atom. The maximum absolute atomic E-state index is 12.0. The zero-order chi connectivity index (χ0) is 16.2. The van der Waals surface area contributed by atoms with E-state index in [1.54, 1.807) is 31.4 Å². The smallest absolute Gasteiger partial charge is 0.264 e. The van der Waals surface area contributed by atoms with Gasteiger partial charge in [-0.25, -0.2) is 4.99 Å². The highest BCUT2D eigenvalue weighted by Gasteiger charge is 2.23. The van der Waals surface area contributed by atoms with Crippen LogP contribution in [0.2, 0.25) is 0 Å². The number of carbonyl (C=O) groups excluding carboxylic acids is 1. The fourth-order valence-corrected chi connectivity index (χ4v) is 2.86. The maximum atomic E-state index is 12.0. The summed E-state index contributed by atoms with van der Waals surface area (Å²) in [6.07, 6.45) is 1.72. The van der Waals surface area contributed by atoms with E-state index < -0.39 is 0 Å². The molecule has 0 radical (unpaired) electrons. The molecule has 0 bridgehead atoms. The molecule has 3 rings (SSSR count). The lowest BCUT2D eigenvalue weighted by atomic mass is 10.2. The Hall–Kier alpha value is -2.73. The van der Waals surface area contributed by atoms with E-state index in [0.29, 0.717) is 10.1 Å². The predicted octanol–water partition coefficient (Wildman–Crippen LogP) is 3.29. The molecule has 1 saturated heterocycles. The third-order valence-corrected chi connectivity index (χ3v) is 4.03. The zero-order valence-electron chi connectivity index (χ0n) is 12.3. The van der Waals surface area contributed by atoms with Crippen LogP contribution in [-0.2, 0) is 4.79 Å². The van der Waals surface area contributed by atoms with Crippen molar-refractivity contribution in [3.05, 3.63) is 59.0 Å². The number of nitrogens with one attached hydrogen (secondary N) is 1. The van der Waals surface area contributed by atoms with Crippen molar-refractivity contribution in [2.45, 2.75) is 0 Å². The second kappa shape index (κ2) is 6.58.